The number of hydrogen-bond donors (Lipinski definition) is 1. The van der Waals surface area contributed by atoms with Crippen molar-refractivity contribution >= 4 is 46.6 Å². The molecule has 2 aromatic rings. The molecule has 2 amide bonds. The standard InChI is InChI=1S/C22H24ClN3O2S/c1-25(14-15-6-2-3-7-18(15)26-10-4-5-11-26)21(27)13-20-22(28)24-17-12-16(23)8-9-19(17)29-20/h2-3,6-9,12,20H,4-5,10-11,13-14H2,1H3,(H,24,28). The maximum atomic E-state index is 12.9. The van der Waals surface area contributed by atoms with E-state index in [0.29, 0.717) is 17.3 Å². The Morgan fingerprint density at radius 3 is 2.79 bits per heavy atom. The van der Waals surface area contributed by atoms with Gasteiger partial charge in [-0.3, -0.25) is 9.59 Å². The minimum Gasteiger partial charge on any atom is -0.371 e. The Morgan fingerprint density at radius 2 is 2.00 bits per heavy atom. The average molecular weight is 430 g/mol. The zero-order chi connectivity index (χ0) is 20.4. The van der Waals surface area contributed by atoms with Gasteiger partial charge >= 0.3 is 0 Å². The van der Waals surface area contributed by atoms with Crippen molar-refractivity contribution in [2.45, 2.75) is 36.0 Å². The second-order valence-electron chi connectivity index (χ2n) is 7.51. The van der Waals surface area contributed by atoms with Crippen LogP contribution in [0.5, 0.6) is 0 Å². The van der Waals surface area contributed by atoms with E-state index >= 15 is 0 Å². The second kappa shape index (κ2) is 8.67. The van der Waals surface area contributed by atoms with E-state index in [4.69, 9.17) is 11.6 Å². The summed E-state index contributed by atoms with van der Waals surface area (Å²) in [6.45, 7) is 2.67. The molecule has 2 aliphatic rings. The first kappa shape index (κ1) is 20.1. The maximum absolute atomic E-state index is 12.9. The molecule has 2 aliphatic heterocycles. The fourth-order valence-corrected chi connectivity index (χ4v) is 5.08. The molecule has 4 rings (SSSR count). The first-order valence-corrected chi connectivity index (χ1v) is 11.1. The van der Waals surface area contributed by atoms with Crippen LogP contribution in [-0.2, 0) is 16.1 Å². The molecule has 2 heterocycles. The molecule has 0 radical (unpaired) electrons. The zero-order valence-electron chi connectivity index (χ0n) is 16.4. The highest BCUT2D eigenvalue weighted by Crippen LogP contribution is 2.38. The molecule has 0 saturated carbocycles. The summed E-state index contributed by atoms with van der Waals surface area (Å²) in [5.74, 6) is -0.185. The van der Waals surface area contributed by atoms with E-state index in [2.05, 4.69) is 22.3 Å². The predicted octanol–water partition coefficient (Wildman–Crippen LogP) is 4.40. The van der Waals surface area contributed by atoms with Gasteiger partial charge in [0.2, 0.25) is 11.8 Å². The number of nitrogens with one attached hydrogen (secondary N) is 1. The number of anilines is 2. The van der Waals surface area contributed by atoms with Crippen LogP contribution in [0.25, 0.3) is 0 Å². The van der Waals surface area contributed by atoms with Gasteiger partial charge in [0.05, 0.1) is 10.9 Å². The Balaban J connectivity index is 1.42. The van der Waals surface area contributed by atoms with Gasteiger partial charge in [-0.1, -0.05) is 29.8 Å². The molecule has 1 unspecified atom stereocenters. The van der Waals surface area contributed by atoms with Crippen LogP contribution in [-0.4, -0.2) is 42.1 Å². The zero-order valence-corrected chi connectivity index (χ0v) is 17.9. The Hall–Kier alpha value is -2.18. The first-order chi connectivity index (χ1) is 14.0. The Labute approximate surface area is 180 Å². The highest BCUT2D eigenvalue weighted by atomic mass is 35.5. The number of carbonyl (C=O) groups is 2. The number of thioether (sulfide) groups is 1. The van der Waals surface area contributed by atoms with Gasteiger partial charge in [-0.2, -0.15) is 0 Å². The third-order valence-electron chi connectivity index (χ3n) is 5.39. The van der Waals surface area contributed by atoms with Crippen LogP contribution in [0.3, 0.4) is 0 Å². The molecule has 1 fully saturated rings. The molecule has 0 bridgehead atoms. The van der Waals surface area contributed by atoms with E-state index < -0.39 is 5.25 Å². The van der Waals surface area contributed by atoms with Crippen LogP contribution >= 0.6 is 23.4 Å². The Kier molecular flexibility index (Phi) is 6.01. The Morgan fingerprint density at radius 1 is 1.24 bits per heavy atom. The van der Waals surface area contributed by atoms with Gasteiger partial charge in [0.25, 0.3) is 0 Å². The summed E-state index contributed by atoms with van der Waals surface area (Å²) in [5, 5.41) is 3.01. The molecular formula is C22H24ClN3O2S. The molecule has 2 aromatic carbocycles. The molecular weight excluding hydrogens is 406 g/mol. The van der Waals surface area contributed by atoms with Crippen LogP contribution in [0.4, 0.5) is 11.4 Å². The predicted molar refractivity (Wildman–Crippen MR) is 119 cm³/mol. The number of hydrogen-bond acceptors (Lipinski definition) is 4. The number of amides is 2. The van der Waals surface area contributed by atoms with Crippen molar-refractivity contribution in [3.8, 4) is 0 Å². The van der Waals surface area contributed by atoms with Gasteiger partial charge in [-0.25, -0.2) is 0 Å². The van der Waals surface area contributed by atoms with E-state index in [1.807, 2.05) is 25.2 Å². The van der Waals surface area contributed by atoms with Gasteiger partial charge in [-0.05, 0) is 42.7 Å². The lowest BCUT2D eigenvalue weighted by atomic mass is 10.1. The molecule has 0 spiro atoms. The van der Waals surface area contributed by atoms with Crippen LogP contribution in [0.15, 0.2) is 47.4 Å². The number of rotatable bonds is 5. The average Bonchev–Trinajstić information content (AvgIpc) is 3.23. The number of fused-ring (bicyclic) bond motifs is 1. The molecule has 5 nitrogen and oxygen atoms in total. The minimum atomic E-state index is -0.438. The van der Waals surface area contributed by atoms with Crippen molar-refractivity contribution in [2.75, 3.05) is 30.4 Å². The van der Waals surface area contributed by atoms with E-state index in [1.54, 1.807) is 17.0 Å². The van der Waals surface area contributed by atoms with Crippen LogP contribution < -0.4 is 10.2 Å². The highest BCUT2D eigenvalue weighted by Gasteiger charge is 2.30. The van der Waals surface area contributed by atoms with Crippen molar-refractivity contribution in [1.29, 1.82) is 0 Å². The SMILES string of the molecule is CN(Cc1ccccc1N1CCCC1)C(=O)CC1Sc2ccc(Cl)cc2NC1=O. The molecule has 29 heavy (non-hydrogen) atoms. The van der Waals surface area contributed by atoms with Crippen molar-refractivity contribution in [2.24, 2.45) is 0 Å². The molecule has 152 valence electrons. The second-order valence-corrected chi connectivity index (χ2v) is 9.19. The lowest BCUT2D eigenvalue weighted by Crippen LogP contribution is -2.35. The fraction of sp³-hybridized carbons (Fsp3) is 0.364. The summed E-state index contributed by atoms with van der Waals surface area (Å²) in [6, 6.07) is 13.7. The van der Waals surface area contributed by atoms with Gasteiger partial charge < -0.3 is 15.1 Å². The molecule has 1 saturated heterocycles. The van der Waals surface area contributed by atoms with Gasteiger partial charge in [0, 0.05) is 48.7 Å². The summed E-state index contributed by atoms with van der Waals surface area (Å²) in [5.41, 5.74) is 3.07. The van der Waals surface area contributed by atoms with Crippen molar-refractivity contribution < 1.29 is 9.59 Å². The summed E-state index contributed by atoms with van der Waals surface area (Å²) in [7, 11) is 1.81. The third-order valence-corrected chi connectivity index (χ3v) is 6.90. The largest absolute Gasteiger partial charge is 0.371 e. The number of benzene rings is 2. The van der Waals surface area contributed by atoms with Crippen LogP contribution in [0.2, 0.25) is 5.02 Å². The van der Waals surface area contributed by atoms with E-state index in [1.165, 1.54) is 30.3 Å². The monoisotopic (exact) mass is 429 g/mol. The molecule has 7 heteroatoms. The van der Waals surface area contributed by atoms with Crippen molar-refractivity contribution in [1.82, 2.24) is 4.90 Å². The number of halogens is 1. The topological polar surface area (TPSA) is 52.6 Å². The third kappa shape index (κ3) is 4.54. The molecule has 0 aromatic heterocycles. The smallest absolute Gasteiger partial charge is 0.238 e. The number of carbonyl (C=O) groups excluding carboxylic acids is 2. The van der Waals surface area contributed by atoms with Crippen molar-refractivity contribution in [3.05, 3.63) is 53.1 Å². The summed E-state index contributed by atoms with van der Waals surface area (Å²) in [4.78, 5) is 30.4. The number of nitrogens with zero attached hydrogens (tertiary/aromatic N) is 2. The van der Waals surface area contributed by atoms with E-state index in [0.717, 1.165) is 23.5 Å². The molecule has 1 N–H and O–H groups in total. The van der Waals surface area contributed by atoms with E-state index in [-0.39, 0.29) is 18.2 Å². The lowest BCUT2D eigenvalue weighted by molar-refractivity contribution is -0.131. The fourth-order valence-electron chi connectivity index (χ4n) is 3.83. The normalized spacial score (nSPS) is 18.3. The maximum Gasteiger partial charge on any atom is 0.238 e. The number of para-hydroxylation sites is 1. The van der Waals surface area contributed by atoms with Crippen LogP contribution in [0.1, 0.15) is 24.8 Å². The first-order valence-electron chi connectivity index (χ1n) is 9.85. The van der Waals surface area contributed by atoms with Gasteiger partial charge in [-0.15, -0.1) is 11.8 Å². The minimum absolute atomic E-state index is 0.0358. The molecule has 0 aliphatic carbocycles. The quantitative estimate of drug-likeness (QED) is 0.765. The lowest BCUT2D eigenvalue weighted by Gasteiger charge is -2.27. The summed E-state index contributed by atoms with van der Waals surface area (Å²) in [6.07, 6.45) is 2.59. The van der Waals surface area contributed by atoms with Gasteiger partial charge in [0.15, 0.2) is 0 Å². The molecule has 1 atom stereocenters. The summed E-state index contributed by atoms with van der Waals surface area (Å²) >= 11 is 7.42. The van der Waals surface area contributed by atoms with E-state index in [9.17, 15) is 9.59 Å². The van der Waals surface area contributed by atoms with Crippen LogP contribution in [0, 0.1) is 0 Å². The van der Waals surface area contributed by atoms with Gasteiger partial charge in [0.1, 0.15) is 0 Å². The summed E-state index contributed by atoms with van der Waals surface area (Å²) < 4.78 is 0. The highest BCUT2D eigenvalue weighted by molar-refractivity contribution is 8.01. The Bertz CT molecular complexity index is 930. The van der Waals surface area contributed by atoms with Crippen molar-refractivity contribution in [3.63, 3.8) is 0 Å².